The summed E-state index contributed by atoms with van der Waals surface area (Å²) in [5.41, 5.74) is 4.92. The smallest absolute Gasteiger partial charge is 0.243 e. The van der Waals surface area contributed by atoms with Crippen LogP contribution in [-0.2, 0) is 39.0 Å². The molecule has 0 bridgehead atoms. The van der Waals surface area contributed by atoms with Gasteiger partial charge < -0.3 is 10.2 Å². The Hall–Kier alpha value is -2.71. The van der Waals surface area contributed by atoms with Gasteiger partial charge in [0, 0.05) is 39.6 Å². The fraction of sp³-hybridized carbons (Fsp3) is 0.481. The molecular formula is C27H37N3O4S. The van der Waals surface area contributed by atoms with Crippen LogP contribution in [0.15, 0.2) is 47.4 Å². The lowest BCUT2D eigenvalue weighted by Gasteiger charge is -2.33. The number of carbonyl (C=O) groups is 2. The predicted molar refractivity (Wildman–Crippen MR) is 138 cm³/mol. The highest BCUT2D eigenvalue weighted by Gasteiger charge is 2.29. The molecule has 8 heteroatoms. The number of benzene rings is 2. The molecule has 35 heavy (non-hydrogen) atoms. The second kappa shape index (κ2) is 12.3. The Labute approximate surface area is 209 Å². The summed E-state index contributed by atoms with van der Waals surface area (Å²) < 4.78 is 27.0. The van der Waals surface area contributed by atoms with E-state index in [1.807, 2.05) is 24.3 Å². The first-order valence-corrected chi connectivity index (χ1v) is 13.8. The molecule has 1 N–H and O–H groups in total. The van der Waals surface area contributed by atoms with Crippen molar-refractivity contribution < 1.29 is 18.0 Å². The summed E-state index contributed by atoms with van der Waals surface area (Å²) in [4.78, 5) is 23.5. The average Bonchev–Trinajstić information content (AvgIpc) is 2.87. The number of hydrogen-bond donors (Lipinski definition) is 1. The number of nitrogens with zero attached hydrogens (tertiary/aromatic N) is 2. The minimum Gasteiger partial charge on any atom is -0.355 e. The number of sulfonamides is 1. The zero-order valence-corrected chi connectivity index (χ0v) is 21.8. The van der Waals surface area contributed by atoms with Gasteiger partial charge in [0.15, 0.2) is 0 Å². The first kappa shape index (κ1) is 26.9. The van der Waals surface area contributed by atoms with Crippen molar-refractivity contribution in [1.82, 2.24) is 14.5 Å². The summed E-state index contributed by atoms with van der Waals surface area (Å²) >= 11 is 0. The Kier molecular flexibility index (Phi) is 9.46. The van der Waals surface area contributed by atoms with E-state index in [-0.39, 0.29) is 5.91 Å². The van der Waals surface area contributed by atoms with E-state index in [1.165, 1.54) is 34.3 Å². The minimum atomic E-state index is -3.45. The molecule has 0 atom stereocenters. The quantitative estimate of drug-likeness (QED) is 0.617. The van der Waals surface area contributed by atoms with E-state index in [0.717, 1.165) is 31.2 Å². The van der Waals surface area contributed by atoms with Crippen LogP contribution in [0, 0.1) is 0 Å². The van der Waals surface area contributed by atoms with Crippen molar-refractivity contribution in [2.24, 2.45) is 0 Å². The summed E-state index contributed by atoms with van der Waals surface area (Å²) in [5.74, 6) is 0.568. The monoisotopic (exact) mass is 499 g/mol. The summed E-state index contributed by atoms with van der Waals surface area (Å²) in [6, 6.07) is 13.8. The molecule has 2 amide bonds. The summed E-state index contributed by atoms with van der Waals surface area (Å²) in [7, 11) is -3.45. The highest BCUT2D eigenvalue weighted by atomic mass is 32.2. The molecule has 2 aliphatic rings. The number of piperazine rings is 1. The normalized spacial score (nSPS) is 16.2. The topological polar surface area (TPSA) is 86.8 Å². The van der Waals surface area contributed by atoms with Crippen LogP contribution >= 0.6 is 0 Å². The second-order valence-corrected chi connectivity index (χ2v) is 11.4. The first-order valence-electron chi connectivity index (χ1n) is 12.4. The third-order valence-corrected chi connectivity index (χ3v) is 8.57. The number of rotatable bonds is 6. The maximum atomic E-state index is 12.8. The largest absolute Gasteiger partial charge is 0.355 e. The van der Waals surface area contributed by atoms with Gasteiger partial charge in [0.05, 0.1) is 4.90 Å². The van der Waals surface area contributed by atoms with Gasteiger partial charge in [0.2, 0.25) is 22.3 Å². The van der Waals surface area contributed by atoms with E-state index in [4.69, 9.17) is 0 Å². The van der Waals surface area contributed by atoms with Crippen molar-refractivity contribution in [3.8, 4) is 0 Å². The van der Waals surface area contributed by atoms with Crippen LogP contribution in [0.1, 0.15) is 61.8 Å². The molecule has 190 valence electrons. The van der Waals surface area contributed by atoms with Gasteiger partial charge in [-0.1, -0.05) is 44.2 Å². The van der Waals surface area contributed by atoms with Gasteiger partial charge >= 0.3 is 0 Å². The molecule has 0 saturated carbocycles. The molecule has 1 saturated heterocycles. The zero-order valence-electron chi connectivity index (χ0n) is 21.0. The van der Waals surface area contributed by atoms with Crippen molar-refractivity contribution in [3.05, 3.63) is 64.7 Å². The van der Waals surface area contributed by atoms with Crippen LogP contribution < -0.4 is 5.32 Å². The van der Waals surface area contributed by atoms with Crippen molar-refractivity contribution in [1.29, 1.82) is 0 Å². The Morgan fingerprint density at radius 2 is 1.60 bits per heavy atom. The van der Waals surface area contributed by atoms with Crippen molar-refractivity contribution in [3.63, 3.8) is 0 Å². The van der Waals surface area contributed by atoms with Gasteiger partial charge in [-0.05, 0) is 66.0 Å². The van der Waals surface area contributed by atoms with E-state index in [0.29, 0.717) is 43.5 Å². The second-order valence-electron chi connectivity index (χ2n) is 9.44. The molecule has 4 rings (SSSR count). The van der Waals surface area contributed by atoms with E-state index in [1.54, 1.807) is 11.0 Å². The van der Waals surface area contributed by atoms with Gasteiger partial charge in [0.25, 0.3) is 0 Å². The van der Waals surface area contributed by atoms with Crippen molar-refractivity contribution in [2.75, 3.05) is 26.2 Å². The molecule has 1 aliphatic heterocycles. The lowest BCUT2D eigenvalue weighted by molar-refractivity contribution is -0.130. The van der Waals surface area contributed by atoms with Crippen LogP contribution in [0.2, 0.25) is 0 Å². The van der Waals surface area contributed by atoms with Gasteiger partial charge in [-0.2, -0.15) is 4.31 Å². The molecule has 0 radical (unpaired) electrons. The third-order valence-electron chi connectivity index (χ3n) is 6.68. The molecular weight excluding hydrogens is 462 g/mol. The summed E-state index contributed by atoms with van der Waals surface area (Å²) in [5, 5.41) is 2.63. The zero-order chi connectivity index (χ0) is 25.4. The first-order chi connectivity index (χ1) is 16.7. The van der Waals surface area contributed by atoms with E-state index in [9.17, 15) is 18.0 Å². The van der Waals surface area contributed by atoms with E-state index in [2.05, 4.69) is 31.3 Å². The molecule has 2 aromatic rings. The van der Waals surface area contributed by atoms with E-state index >= 15 is 0 Å². The average molecular weight is 500 g/mol. The number of carbonyl (C=O) groups excluding carboxylic acids is 2. The summed E-state index contributed by atoms with van der Waals surface area (Å²) in [6.07, 6.45) is 5.06. The van der Waals surface area contributed by atoms with Gasteiger partial charge in [-0.15, -0.1) is 0 Å². The van der Waals surface area contributed by atoms with Crippen LogP contribution in [0.3, 0.4) is 0 Å². The molecule has 1 aliphatic carbocycles. The van der Waals surface area contributed by atoms with Crippen LogP contribution in [-0.4, -0.2) is 56.1 Å². The number of nitrogens with one attached hydrogen (secondary N) is 1. The Morgan fingerprint density at radius 1 is 0.971 bits per heavy atom. The molecule has 0 unspecified atom stereocenters. The molecule has 7 nitrogen and oxygen atoms in total. The molecule has 1 heterocycles. The Bertz CT molecular complexity index is 1110. The maximum absolute atomic E-state index is 12.8. The van der Waals surface area contributed by atoms with Crippen molar-refractivity contribution in [2.45, 2.75) is 63.8 Å². The third kappa shape index (κ3) is 7.15. The van der Waals surface area contributed by atoms with Crippen LogP contribution in [0.25, 0.3) is 0 Å². The SMILES string of the molecule is CC(=O)N1CCN(S(=O)(=O)c2ccc3c(c2)CCCC3)CC1.CC(C)c1ccc(CNC=O)cc1. The number of hydrogen-bond acceptors (Lipinski definition) is 4. The van der Waals surface area contributed by atoms with Crippen LogP contribution in [0.5, 0.6) is 0 Å². The van der Waals surface area contributed by atoms with Gasteiger partial charge in [0.1, 0.15) is 0 Å². The molecule has 1 fully saturated rings. The molecule has 2 aromatic carbocycles. The fourth-order valence-corrected chi connectivity index (χ4v) is 5.92. The minimum absolute atomic E-state index is 0.00540. The lowest BCUT2D eigenvalue weighted by atomic mass is 9.92. The highest BCUT2D eigenvalue weighted by Crippen LogP contribution is 2.26. The standard InChI is InChI=1S/C16H22N2O3S.C11H15NO/c1-13(19)17-8-10-18(11-9-17)22(20,21)16-7-6-14-4-2-3-5-15(14)12-16;1-9(2)11-5-3-10(4-6-11)7-12-8-13/h6-7,12H,2-5,8-11H2,1H3;3-6,8-9H,7H2,1-2H3,(H,12,13). The lowest BCUT2D eigenvalue weighted by Crippen LogP contribution is -2.49. The van der Waals surface area contributed by atoms with Gasteiger partial charge in [-0.25, -0.2) is 8.42 Å². The maximum Gasteiger partial charge on any atom is 0.243 e. The Balaban J connectivity index is 0.000000225. The fourth-order valence-electron chi connectivity index (χ4n) is 4.44. The Morgan fingerprint density at radius 3 is 2.17 bits per heavy atom. The molecule has 0 aromatic heterocycles. The van der Waals surface area contributed by atoms with Crippen LogP contribution in [0.4, 0.5) is 0 Å². The molecule has 0 spiro atoms. The number of aryl methyl sites for hydroxylation is 2. The number of amides is 2. The highest BCUT2D eigenvalue weighted by molar-refractivity contribution is 7.89. The number of fused-ring (bicyclic) bond motifs is 1. The van der Waals surface area contributed by atoms with E-state index < -0.39 is 10.0 Å². The van der Waals surface area contributed by atoms with Crippen molar-refractivity contribution >= 4 is 22.3 Å². The predicted octanol–water partition coefficient (Wildman–Crippen LogP) is 3.47. The summed E-state index contributed by atoms with van der Waals surface area (Å²) in [6.45, 7) is 8.16. The van der Waals surface area contributed by atoms with Gasteiger partial charge in [-0.3, -0.25) is 9.59 Å².